The zero-order valence-electron chi connectivity index (χ0n) is 12.3. The van der Waals surface area contributed by atoms with Crippen molar-refractivity contribution < 1.29 is 19.1 Å². The van der Waals surface area contributed by atoms with Crippen LogP contribution in [-0.2, 0) is 19.1 Å². The van der Waals surface area contributed by atoms with Gasteiger partial charge in [0.05, 0.1) is 12.7 Å². The molecule has 1 aliphatic heterocycles. The van der Waals surface area contributed by atoms with Crippen molar-refractivity contribution >= 4 is 11.9 Å². The fourth-order valence-corrected chi connectivity index (χ4v) is 2.25. The molecule has 0 aromatic carbocycles. The van der Waals surface area contributed by atoms with Crippen LogP contribution in [0.15, 0.2) is 12.7 Å². The normalized spacial score (nSPS) is 18.4. The molecule has 0 spiro atoms. The number of amides is 1. The Kier molecular flexibility index (Phi) is 7.95. The molecule has 0 saturated carbocycles. The smallest absolute Gasteiger partial charge is 0.325 e. The zero-order chi connectivity index (χ0) is 14.8. The van der Waals surface area contributed by atoms with E-state index in [1.165, 1.54) is 4.90 Å². The summed E-state index contributed by atoms with van der Waals surface area (Å²) in [5.74, 6) is -0.427. The first kappa shape index (κ1) is 16.7. The molecule has 0 aliphatic carbocycles. The number of hydrogen-bond donors (Lipinski definition) is 0. The molecule has 5 nitrogen and oxygen atoms in total. The van der Waals surface area contributed by atoms with E-state index in [-0.39, 0.29) is 24.5 Å². The summed E-state index contributed by atoms with van der Waals surface area (Å²) in [4.78, 5) is 25.1. The summed E-state index contributed by atoms with van der Waals surface area (Å²) in [5, 5.41) is 0. The lowest BCUT2D eigenvalue weighted by molar-refractivity contribution is -0.148. The van der Waals surface area contributed by atoms with E-state index < -0.39 is 0 Å². The van der Waals surface area contributed by atoms with Crippen LogP contribution in [-0.4, -0.2) is 49.2 Å². The molecule has 1 amide bonds. The highest BCUT2D eigenvalue weighted by atomic mass is 16.5. The molecule has 1 unspecified atom stereocenters. The standard InChI is InChI=1S/C15H25NO4/c1-3-10-16(12-15(18)19-4-2)14(17)9-8-13-7-5-6-11-20-13/h3,13H,1,4-12H2,2H3. The first-order valence-corrected chi connectivity index (χ1v) is 7.33. The molecule has 1 atom stereocenters. The van der Waals surface area contributed by atoms with Gasteiger partial charge in [-0.25, -0.2) is 0 Å². The van der Waals surface area contributed by atoms with Gasteiger partial charge in [-0.15, -0.1) is 6.58 Å². The van der Waals surface area contributed by atoms with Crippen molar-refractivity contribution in [3.8, 4) is 0 Å². The SMILES string of the molecule is C=CCN(CC(=O)OCC)C(=O)CCC1CCCCO1. The van der Waals surface area contributed by atoms with Crippen LogP contribution in [0.3, 0.4) is 0 Å². The van der Waals surface area contributed by atoms with E-state index in [0.717, 1.165) is 32.3 Å². The summed E-state index contributed by atoms with van der Waals surface area (Å²) in [6.45, 7) is 6.83. The molecule has 0 N–H and O–H groups in total. The Labute approximate surface area is 120 Å². The second-order valence-corrected chi connectivity index (χ2v) is 4.90. The minimum Gasteiger partial charge on any atom is -0.465 e. The van der Waals surface area contributed by atoms with Gasteiger partial charge in [-0.3, -0.25) is 9.59 Å². The summed E-state index contributed by atoms with van der Waals surface area (Å²) in [7, 11) is 0. The number of rotatable bonds is 8. The van der Waals surface area contributed by atoms with Crippen molar-refractivity contribution in [1.29, 1.82) is 0 Å². The van der Waals surface area contributed by atoms with Crippen LogP contribution in [0.2, 0.25) is 0 Å². The van der Waals surface area contributed by atoms with Crippen molar-refractivity contribution in [3.05, 3.63) is 12.7 Å². The predicted octanol–water partition coefficient (Wildman–Crippen LogP) is 1.91. The number of carbonyl (C=O) groups excluding carboxylic acids is 2. The van der Waals surface area contributed by atoms with Gasteiger partial charge in [0.1, 0.15) is 6.54 Å². The molecule has 5 heteroatoms. The molecule has 0 radical (unpaired) electrons. The number of esters is 1. The van der Waals surface area contributed by atoms with Crippen molar-refractivity contribution in [2.75, 3.05) is 26.3 Å². The lowest BCUT2D eigenvalue weighted by Crippen LogP contribution is -2.37. The molecule has 0 bridgehead atoms. The fourth-order valence-electron chi connectivity index (χ4n) is 2.25. The Morgan fingerprint density at radius 1 is 1.45 bits per heavy atom. The Morgan fingerprint density at radius 2 is 2.25 bits per heavy atom. The van der Waals surface area contributed by atoms with Crippen LogP contribution in [0.25, 0.3) is 0 Å². The summed E-state index contributed by atoms with van der Waals surface area (Å²) in [5.41, 5.74) is 0. The van der Waals surface area contributed by atoms with E-state index in [0.29, 0.717) is 19.6 Å². The second kappa shape index (κ2) is 9.53. The first-order valence-electron chi connectivity index (χ1n) is 7.33. The predicted molar refractivity (Wildman–Crippen MR) is 76.2 cm³/mol. The molecule has 0 aromatic heterocycles. The maximum absolute atomic E-state index is 12.1. The quantitative estimate of drug-likeness (QED) is 0.504. The zero-order valence-corrected chi connectivity index (χ0v) is 12.3. The van der Waals surface area contributed by atoms with E-state index >= 15 is 0 Å². The molecule has 1 aliphatic rings. The molecule has 1 fully saturated rings. The molecule has 1 saturated heterocycles. The maximum Gasteiger partial charge on any atom is 0.325 e. The van der Waals surface area contributed by atoms with Crippen LogP contribution in [0.4, 0.5) is 0 Å². The topological polar surface area (TPSA) is 55.8 Å². The average molecular weight is 283 g/mol. The summed E-state index contributed by atoms with van der Waals surface area (Å²) in [6.07, 6.45) is 6.21. The highest BCUT2D eigenvalue weighted by molar-refractivity contribution is 5.82. The third-order valence-electron chi connectivity index (χ3n) is 3.28. The van der Waals surface area contributed by atoms with E-state index in [1.807, 2.05) is 0 Å². The van der Waals surface area contributed by atoms with Crippen LogP contribution < -0.4 is 0 Å². The fraction of sp³-hybridized carbons (Fsp3) is 0.733. The van der Waals surface area contributed by atoms with Crippen molar-refractivity contribution in [2.45, 2.75) is 45.1 Å². The Morgan fingerprint density at radius 3 is 2.85 bits per heavy atom. The van der Waals surface area contributed by atoms with Crippen LogP contribution in [0.5, 0.6) is 0 Å². The van der Waals surface area contributed by atoms with Crippen molar-refractivity contribution in [1.82, 2.24) is 4.90 Å². The van der Waals surface area contributed by atoms with E-state index in [2.05, 4.69) is 6.58 Å². The Hall–Kier alpha value is -1.36. The maximum atomic E-state index is 12.1. The summed E-state index contributed by atoms with van der Waals surface area (Å²) < 4.78 is 10.5. The van der Waals surface area contributed by atoms with Gasteiger partial charge in [0, 0.05) is 19.6 Å². The number of hydrogen-bond acceptors (Lipinski definition) is 4. The highest BCUT2D eigenvalue weighted by Crippen LogP contribution is 2.17. The average Bonchev–Trinajstić information content (AvgIpc) is 2.45. The number of nitrogens with zero attached hydrogens (tertiary/aromatic N) is 1. The van der Waals surface area contributed by atoms with Gasteiger partial charge < -0.3 is 14.4 Å². The molecule has 114 valence electrons. The lowest BCUT2D eigenvalue weighted by Gasteiger charge is -2.24. The molecule has 1 rings (SSSR count). The monoisotopic (exact) mass is 283 g/mol. The Balaban J connectivity index is 2.37. The first-order chi connectivity index (χ1) is 9.67. The van der Waals surface area contributed by atoms with Gasteiger partial charge in [0.15, 0.2) is 0 Å². The van der Waals surface area contributed by atoms with E-state index in [1.54, 1.807) is 13.0 Å². The van der Waals surface area contributed by atoms with Gasteiger partial charge in [0.25, 0.3) is 0 Å². The third-order valence-corrected chi connectivity index (χ3v) is 3.28. The van der Waals surface area contributed by atoms with E-state index in [4.69, 9.17) is 9.47 Å². The minimum absolute atomic E-state index is 0.00971. The Bertz CT molecular complexity index is 324. The number of carbonyl (C=O) groups is 2. The van der Waals surface area contributed by atoms with Crippen molar-refractivity contribution in [3.63, 3.8) is 0 Å². The van der Waals surface area contributed by atoms with Gasteiger partial charge >= 0.3 is 5.97 Å². The summed E-state index contributed by atoms with van der Waals surface area (Å²) >= 11 is 0. The molecular weight excluding hydrogens is 258 g/mol. The molecular formula is C15H25NO4. The lowest BCUT2D eigenvalue weighted by atomic mass is 10.0. The third kappa shape index (κ3) is 6.19. The molecule has 20 heavy (non-hydrogen) atoms. The van der Waals surface area contributed by atoms with Gasteiger partial charge in [-0.05, 0) is 32.6 Å². The summed E-state index contributed by atoms with van der Waals surface area (Å²) in [6, 6.07) is 0. The second-order valence-electron chi connectivity index (χ2n) is 4.90. The van der Waals surface area contributed by atoms with Gasteiger partial charge in [0.2, 0.25) is 5.91 Å². The van der Waals surface area contributed by atoms with Gasteiger partial charge in [-0.1, -0.05) is 6.08 Å². The molecule has 1 heterocycles. The minimum atomic E-state index is -0.378. The molecule has 0 aromatic rings. The van der Waals surface area contributed by atoms with Gasteiger partial charge in [-0.2, -0.15) is 0 Å². The van der Waals surface area contributed by atoms with E-state index in [9.17, 15) is 9.59 Å². The highest BCUT2D eigenvalue weighted by Gasteiger charge is 2.20. The van der Waals surface area contributed by atoms with Crippen LogP contribution >= 0.6 is 0 Å². The van der Waals surface area contributed by atoms with Crippen LogP contribution in [0.1, 0.15) is 39.0 Å². The number of ether oxygens (including phenoxy) is 2. The van der Waals surface area contributed by atoms with Crippen LogP contribution in [0, 0.1) is 0 Å². The largest absolute Gasteiger partial charge is 0.465 e. The van der Waals surface area contributed by atoms with Crippen molar-refractivity contribution in [2.24, 2.45) is 0 Å².